The smallest absolute Gasteiger partial charge is 0.124 e. The number of ether oxygens (including phenoxy) is 2. The van der Waals surface area contributed by atoms with Gasteiger partial charge in [-0.05, 0) is 48.4 Å². The summed E-state index contributed by atoms with van der Waals surface area (Å²) in [5.74, 6) is 1.91. The van der Waals surface area contributed by atoms with Gasteiger partial charge < -0.3 is 14.8 Å². The summed E-state index contributed by atoms with van der Waals surface area (Å²) in [4.78, 5) is 0. The van der Waals surface area contributed by atoms with Crippen molar-refractivity contribution in [2.45, 2.75) is 19.9 Å². The van der Waals surface area contributed by atoms with Gasteiger partial charge in [-0.3, -0.25) is 0 Å². The minimum atomic E-state index is 0. The monoisotopic (exact) mass is 371 g/mol. The van der Waals surface area contributed by atoms with Gasteiger partial charge in [-0.2, -0.15) is 0 Å². The van der Waals surface area contributed by atoms with E-state index >= 15 is 0 Å². The van der Waals surface area contributed by atoms with Crippen molar-refractivity contribution < 1.29 is 9.47 Å². The first-order valence-electron chi connectivity index (χ1n) is 8.79. The minimum Gasteiger partial charge on any atom is -0.496 e. The number of para-hydroxylation sites is 1. The average Bonchev–Trinajstić information content (AvgIpc) is 2.66. The van der Waals surface area contributed by atoms with E-state index in [9.17, 15) is 0 Å². The average molecular weight is 372 g/mol. The molecule has 0 amide bonds. The Labute approximate surface area is 161 Å². The zero-order chi connectivity index (χ0) is 17.5. The molecule has 0 atom stereocenters. The summed E-state index contributed by atoms with van der Waals surface area (Å²) in [6, 6.07) is 20.8. The van der Waals surface area contributed by atoms with Crippen LogP contribution >= 0.6 is 12.4 Å². The van der Waals surface area contributed by atoms with E-state index in [1.165, 1.54) is 21.9 Å². The summed E-state index contributed by atoms with van der Waals surface area (Å²) in [6.07, 6.45) is 0.929. The van der Waals surface area contributed by atoms with Crippen LogP contribution in [0.5, 0.6) is 11.5 Å². The van der Waals surface area contributed by atoms with Crippen LogP contribution in [-0.2, 0) is 13.0 Å². The molecule has 3 nitrogen and oxygen atoms in total. The van der Waals surface area contributed by atoms with Crippen LogP contribution in [-0.4, -0.2) is 20.3 Å². The second-order valence-electron chi connectivity index (χ2n) is 5.94. The first kappa shape index (κ1) is 20.1. The molecule has 0 unspecified atom stereocenters. The molecule has 26 heavy (non-hydrogen) atoms. The van der Waals surface area contributed by atoms with Gasteiger partial charge in [-0.25, -0.2) is 0 Å². The van der Waals surface area contributed by atoms with Crippen LogP contribution < -0.4 is 14.8 Å². The lowest BCUT2D eigenvalue weighted by Gasteiger charge is -2.14. The molecular formula is C22H26ClNO2. The fraction of sp³-hybridized carbons (Fsp3) is 0.273. The van der Waals surface area contributed by atoms with Crippen molar-refractivity contribution in [2.24, 2.45) is 0 Å². The van der Waals surface area contributed by atoms with Crippen LogP contribution in [0.1, 0.15) is 18.1 Å². The summed E-state index contributed by atoms with van der Waals surface area (Å²) in [5.41, 5.74) is 2.44. The number of halogens is 1. The number of benzene rings is 3. The van der Waals surface area contributed by atoms with Crippen molar-refractivity contribution in [2.75, 3.05) is 20.3 Å². The summed E-state index contributed by atoms with van der Waals surface area (Å²) in [5, 5.41) is 6.05. The quantitative estimate of drug-likeness (QED) is 0.565. The van der Waals surface area contributed by atoms with E-state index in [1.54, 1.807) is 7.11 Å². The van der Waals surface area contributed by atoms with Crippen LogP contribution in [0.2, 0.25) is 0 Å². The molecule has 0 saturated heterocycles. The van der Waals surface area contributed by atoms with Gasteiger partial charge >= 0.3 is 0 Å². The van der Waals surface area contributed by atoms with Gasteiger partial charge in [0.25, 0.3) is 0 Å². The molecule has 0 radical (unpaired) electrons. The van der Waals surface area contributed by atoms with E-state index in [4.69, 9.17) is 9.47 Å². The van der Waals surface area contributed by atoms with Crippen molar-refractivity contribution in [3.8, 4) is 11.5 Å². The Morgan fingerprint density at radius 3 is 2.46 bits per heavy atom. The molecule has 3 rings (SSSR count). The van der Waals surface area contributed by atoms with Crippen molar-refractivity contribution in [3.63, 3.8) is 0 Å². The van der Waals surface area contributed by atoms with E-state index in [-0.39, 0.29) is 12.4 Å². The number of methoxy groups -OCH3 is 1. The Hall–Kier alpha value is -2.23. The highest BCUT2D eigenvalue weighted by Gasteiger charge is 2.08. The molecule has 0 aromatic heterocycles. The zero-order valence-electron chi connectivity index (χ0n) is 15.3. The van der Waals surface area contributed by atoms with Gasteiger partial charge in [0.15, 0.2) is 0 Å². The first-order valence-corrected chi connectivity index (χ1v) is 8.79. The van der Waals surface area contributed by atoms with Crippen molar-refractivity contribution in [3.05, 3.63) is 71.8 Å². The van der Waals surface area contributed by atoms with Crippen LogP contribution in [0.3, 0.4) is 0 Å². The van der Waals surface area contributed by atoms with Gasteiger partial charge in [-0.15, -0.1) is 12.4 Å². The second-order valence-corrected chi connectivity index (χ2v) is 5.94. The number of nitrogens with one attached hydrogen (secondary N) is 1. The number of fused-ring (bicyclic) bond motifs is 1. The molecule has 0 spiro atoms. The van der Waals surface area contributed by atoms with Crippen molar-refractivity contribution >= 4 is 23.2 Å². The predicted octanol–water partition coefficient (Wildman–Crippen LogP) is 5.00. The van der Waals surface area contributed by atoms with Crippen LogP contribution in [0.4, 0.5) is 0 Å². The SMILES string of the molecule is CCOc1ccc2ccccc2c1CNCCc1ccccc1OC.Cl. The lowest BCUT2D eigenvalue weighted by Crippen LogP contribution is -2.18. The molecule has 3 aromatic rings. The molecular weight excluding hydrogens is 346 g/mol. The predicted molar refractivity (Wildman–Crippen MR) is 111 cm³/mol. The minimum absolute atomic E-state index is 0. The fourth-order valence-electron chi connectivity index (χ4n) is 3.13. The van der Waals surface area contributed by atoms with Gasteiger partial charge in [0, 0.05) is 12.1 Å². The molecule has 3 aromatic carbocycles. The van der Waals surface area contributed by atoms with Crippen molar-refractivity contribution in [1.82, 2.24) is 5.32 Å². The third-order valence-corrected chi connectivity index (χ3v) is 4.36. The molecule has 0 aliphatic rings. The highest BCUT2D eigenvalue weighted by Crippen LogP contribution is 2.28. The van der Waals surface area contributed by atoms with E-state index in [0.717, 1.165) is 31.0 Å². The largest absolute Gasteiger partial charge is 0.496 e. The van der Waals surface area contributed by atoms with Crippen LogP contribution in [0, 0.1) is 0 Å². The normalized spacial score (nSPS) is 10.4. The van der Waals surface area contributed by atoms with Gasteiger partial charge in [0.05, 0.1) is 13.7 Å². The molecule has 0 aliphatic heterocycles. The molecule has 1 N–H and O–H groups in total. The lowest BCUT2D eigenvalue weighted by atomic mass is 10.0. The van der Waals surface area contributed by atoms with Gasteiger partial charge in [-0.1, -0.05) is 48.5 Å². The Morgan fingerprint density at radius 2 is 1.65 bits per heavy atom. The summed E-state index contributed by atoms with van der Waals surface area (Å²) in [7, 11) is 1.72. The molecule has 4 heteroatoms. The molecule has 0 bridgehead atoms. The van der Waals surface area contributed by atoms with Crippen LogP contribution in [0.15, 0.2) is 60.7 Å². The number of rotatable bonds is 8. The Kier molecular flexibility index (Phi) is 7.76. The standard InChI is InChI=1S/C22H25NO2.ClH/c1-3-25-22-13-12-17-8-4-6-10-19(17)20(22)16-23-15-14-18-9-5-7-11-21(18)24-2;/h4-13,23H,3,14-16H2,1-2H3;1H. The van der Waals surface area contributed by atoms with E-state index in [2.05, 4.69) is 53.8 Å². The topological polar surface area (TPSA) is 30.5 Å². The molecule has 0 aliphatic carbocycles. The van der Waals surface area contributed by atoms with E-state index in [1.807, 2.05) is 19.1 Å². The third kappa shape index (κ3) is 4.69. The maximum atomic E-state index is 5.84. The van der Waals surface area contributed by atoms with Gasteiger partial charge in [0.1, 0.15) is 11.5 Å². The number of hydrogen-bond donors (Lipinski definition) is 1. The molecule has 0 fully saturated rings. The van der Waals surface area contributed by atoms with E-state index < -0.39 is 0 Å². The maximum absolute atomic E-state index is 5.84. The molecule has 138 valence electrons. The second kappa shape index (κ2) is 10.0. The fourth-order valence-corrected chi connectivity index (χ4v) is 3.13. The highest BCUT2D eigenvalue weighted by molar-refractivity contribution is 5.87. The van der Waals surface area contributed by atoms with Crippen LogP contribution in [0.25, 0.3) is 10.8 Å². The summed E-state index contributed by atoms with van der Waals surface area (Å²) in [6.45, 7) is 4.36. The third-order valence-electron chi connectivity index (χ3n) is 4.36. The summed E-state index contributed by atoms with van der Waals surface area (Å²) >= 11 is 0. The first-order chi connectivity index (χ1) is 12.3. The lowest BCUT2D eigenvalue weighted by molar-refractivity contribution is 0.336. The number of hydrogen-bond acceptors (Lipinski definition) is 3. The van der Waals surface area contributed by atoms with Gasteiger partial charge in [0.2, 0.25) is 0 Å². The zero-order valence-corrected chi connectivity index (χ0v) is 16.1. The van der Waals surface area contributed by atoms with Crippen molar-refractivity contribution in [1.29, 1.82) is 0 Å². The van der Waals surface area contributed by atoms with E-state index in [0.29, 0.717) is 6.61 Å². The molecule has 0 saturated carbocycles. The Morgan fingerprint density at radius 1 is 0.885 bits per heavy atom. The maximum Gasteiger partial charge on any atom is 0.124 e. The highest BCUT2D eigenvalue weighted by atomic mass is 35.5. The molecule has 0 heterocycles. The Balaban J connectivity index is 0.00000243. The Bertz CT molecular complexity index is 835. The summed E-state index contributed by atoms with van der Waals surface area (Å²) < 4.78 is 11.3.